The molecule has 6 nitrogen and oxygen atoms in total. The largest absolute Gasteiger partial charge is 0.593 e. The van der Waals surface area contributed by atoms with Crippen LogP contribution in [0.15, 0.2) is 83.8 Å². The Morgan fingerprint density at radius 3 is 1.83 bits per heavy atom. The van der Waals surface area contributed by atoms with Crippen LogP contribution in [0.25, 0.3) is 0 Å². The summed E-state index contributed by atoms with van der Waals surface area (Å²) in [6, 6.07) is 20.6. The standard InChI is InChI=1S/C33H28ClF5N2O4S/c1-33(2,3)45-32(43)22-11-15-24(16-12-22)41(18-20-7-5-4-6-8-20)25(42)19-40(17-21-9-13-23(34)14-10-21)46(44)31-29(38)27(36)26(35)28(37)30(31)39/h4-16H,17-19H2,1-3H3. The van der Waals surface area contributed by atoms with Gasteiger partial charge in [0.1, 0.15) is 12.1 Å². The molecule has 46 heavy (non-hydrogen) atoms. The first-order chi connectivity index (χ1) is 21.7. The molecule has 0 radical (unpaired) electrons. The molecule has 1 atom stereocenters. The fraction of sp³-hybridized carbons (Fsp3) is 0.212. The highest BCUT2D eigenvalue weighted by molar-refractivity contribution is 7.89. The molecule has 4 aromatic carbocycles. The van der Waals surface area contributed by atoms with E-state index in [-0.39, 0.29) is 12.1 Å². The van der Waals surface area contributed by atoms with Crippen molar-refractivity contribution in [3.05, 3.63) is 130 Å². The molecule has 4 rings (SSSR count). The molecular formula is C33H28ClF5N2O4S. The van der Waals surface area contributed by atoms with Crippen molar-refractivity contribution in [2.75, 3.05) is 11.4 Å². The lowest BCUT2D eigenvalue weighted by Crippen LogP contribution is -2.43. The van der Waals surface area contributed by atoms with Crippen molar-refractivity contribution in [3.63, 3.8) is 0 Å². The summed E-state index contributed by atoms with van der Waals surface area (Å²) >= 11 is 2.91. The molecule has 0 aliphatic rings. The number of carbonyl (C=O) groups is 2. The average molecular weight is 679 g/mol. The molecule has 0 saturated carbocycles. The molecule has 0 fully saturated rings. The van der Waals surface area contributed by atoms with Crippen LogP contribution in [0.1, 0.15) is 42.3 Å². The minimum absolute atomic E-state index is 0.0184. The molecule has 0 saturated heterocycles. The third-order valence-electron chi connectivity index (χ3n) is 6.46. The average Bonchev–Trinajstić information content (AvgIpc) is 3.02. The summed E-state index contributed by atoms with van der Waals surface area (Å²) in [5.74, 6) is -12.8. The predicted octanol–water partition coefficient (Wildman–Crippen LogP) is 7.75. The fourth-order valence-electron chi connectivity index (χ4n) is 4.27. The van der Waals surface area contributed by atoms with Crippen LogP contribution >= 0.6 is 11.6 Å². The second kappa shape index (κ2) is 14.6. The van der Waals surface area contributed by atoms with Gasteiger partial charge in [0.05, 0.1) is 30.0 Å². The Labute approximate surface area is 270 Å². The van der Waals surface area contributed by atoms with Gasteiger partial charge in [-0.2, -0.15) is 8.78 Å². The zero-order valence-electron chi connectivity index (χ0n) is 24.8. The van der Waals surface area contributed by atoms with E-state index in [9.17, 15) is 36.1 Å². The van der Waals surface area contributed by atoms with E-state index in [4.69, 9.17) is 16.3 Å². The number of esters is 1. The first-order valence-electron chi connectivity index (χ1n) is 13.8. The van der Waals surface area contributed by atoms with Gasteiger partial charge in [0, 0.05) is 10.7 Å². The number of carbonyl (C=O) groups excluding carboxylic acids is 2. The van der Waals surface area contributed by atoms with Crippen LogP contribution in [-0.2, 0) is 34.0 Å². The molecule has 0 heterocycles. The number of nitrogens with zero attached hydrogens (tertiary/aromatic N) is 2. The van der Waals surface area contributed by atoms with E-state index in [1.54, 1.807) is 51.1 Å². The van der Waals surface area contributed by atoms with Crippen LogP contribution in [0.3, 0.4) is 0 Å². The summed E-state index contributed by atoms with van der Waals surface area (Å²) in [6.07, 6.45) is 0. The van der Waals surface area contributed by atoms with E-state index in [2.05, 4.69) is 0 Å². The van der Waals surface area contributed by atoms with Gasteiger partial charge < -0.3 is 14.2 Å². The SMILES string of the molecule is CC(C)(C)OC(=O)c1ccc(N(Cc2ccccc2)C(=O)CN(Cc2ccc(Cl)cc2)[S+]([O-])c2c(F)c(F)c(F)c(F)c2F)cc1. The molecule has 1 amide bonds. The Morgan fingerprint density at radius 2 is 1.28 bits per heavy atom. The van der Waals surface area contributed by atoms with E-state index in [1.807, 2.05) is 0 Å². The highest BCUT2D eigenvalue weighted by atomic mass is 35.5. The molecule has 242 valence electrons. The van der Waals surface area contributed by atoms with Crippen LogP contribution in [-0.4, -0.2) is 32.9 Å². The summed E-state index contributed by atoms with van der Waals surface area (Å²) in [6.45, 7) is 3.94. The Kier molecular flexibility index (Phi) is 11.1. The van der Waals surface area contributed by atoms with Crippen LogP contribution < -0.4 is 4.90 Å². The lowest BCUT2D eigenvalue weighted by Gasteiger charge is -2.28. The summed E-state index contributed by atoms with van der Waals surface area (Å²) in [5.41, 5.74) is 0.823. The second-order valence-electron chi connectivity index (χ2n) is 11.1. The quantitative estimate of drug-likeness (QED) is 0.0564. The van der Waals surface area contributed by atoms with Gasteiger partial charge in [-0.25, -0.2) is 18.0 Å². The van der Waals surface area contributed by atoms with Gasteiger partial charge in [-0.15, -0.1) is 4.31 Å². The zero-order chi connectivity index (χ0) is 33.8. The predicted molar refractivity (Wildman–Crippen MR) is 164 cm³/mol. The normalized spacial score (nSPS) is 12.2. The van der Waals surface area contributed by atoms with Gasteiger partial charge in [0.15, 0.2) is 0 Å². The first-order valence-corrected chi connectivity index (χ1v) is 15.2. The van der Waals surface area contributed by atoms with Gasteiger partial charge in [-0.3, -0.25) is 4.79 Å². The van der Waals surface area contributed by atoms with E-state index in [0.717, 1.165) is 4.31 Å². The number of anilines is 1. The third kappa shape index (κ3) is 8.43. The number of hydrogen-bond acceptors (Lipinski definition) is 5. The van der Waals surface area contributed by atoms with Gasteiger partial charge >= 0.3 is 5.97 Å². The zero-order valence-corrected chi connectivity index (χ0v) is 26.4. The summed E-state index contributed by atoms with van der Waals surface area (Å²) in [4.78, 5) is 26.2. The molecule has 0 aromatic heterocycles. The first kappa shape index (κ1) is 34.9. The number of halogens is 6. The Balaban J connectivity index is 1.72. The minimum atomic E-state index is -3.04. The molecule has 13 heteroatoms. The second-order valence-corrected chi connectivity index (χ2v) is 12.9. The molecule has 4 aromatic rings. The fourth-order valence-corrected chi connectivity index (χ4v) is 5.64. The summed E-state index contributed by atoms with van der Waals surface area (Å²) in [5, 5.41) is 0.344. The van der Waals surface area contributed by atoms with Crippen molar-refractivity contribution in [2.45, 2.75) is 44.4 Å². The maximum absolute atomic E-state index is 14.8. The smallest absolute Gasteiger partial charge is 0.338 e. The lowest BCUT2D eigenvalue weighted by molar-refractivity contribution is -0.119. The van der Waals surface area contributed by atoms with Gasteiger partial charge in [0.25, 0.3) is 4.90 Å². The Bertz CT molecular complexity index is 1680. The van der Waals surface area contributed by atoms with Crippen molar-refractivity contribution >= 4 is 40.5 Å². The number of amides is 1. The molecule has 0 N–H and O–H groups in total. The maximum Gasteiger partial charge on any atom is 0.338 e. The van der Waals surface area contributed by atoms with Gasteiger partial charge in [0.2, 0.25) is 35.0 Å². The van der Waals surface area contributed by atoms with E-state index in [1.165, 1.54) is 53.4 Å². The monoisotopic (exact) mass is 678 g/mol. The van der Waals surface area contributed by atoms with E-state index >= 15 is 0 Å². The molecule has 1 unspecified atom stereocenters. The van der Waals surface area contributed by atoms with Crippen LogP contribution in [0.2, 0.25) is 5.02 Å². The van der Waals surface area contributed by atoms with Crippen LogP contribution in [0, 0.1) is 29.1 Å². The van der Waals surface area contributed by atoms with Crippen LogP contribution in [0.4, 0.5) is 27.6 Å². The minimum Gasteiger partial charge on any atom is -0.593 e. The van der Waals surface area contributed by atoms with Crippen molar-refractivity contribution in [3.8, 4) is 0 Å². The maximum atomic E-state index is 14.8. The summed E-state index contributed by atoms with van der Waals surface area (Å²) < 4.78 is 91.3. The number of hydrogen-bond donors (Lipinski definition) is 0. The van der Waals surface area contributed by atoms with Crippen molar-refractivity contribution in [2.24, 2.45) is 0 Å². The molecule has 0 spiro atoms. The Morgan fingerprint density at radius 1 is 0.761 bits per heavy atom. The highest BCUT2D eigenvalue weighted by Gasteiger charge is 2.38. The topological polar surface area (TPSA) is 72.9 Å². The van der Waals surface area contributed by atoms with Crippen LogP contribution in [0.5, 0.6) is 0 Å². The molecule has 0 bridgehead atoms. The lowest BCUT2D eigenvalue weighted by atomic mass is 10.1. The van der Waals surface area contributed by atoms with E-state index in [0.29, 0.717) is 21.8 Å². The number of benzene rings is 4. The molecule has 0 aliphatic carbocycles. The number of rotatable bonds is 10. The number of ether oxygens (including phenoxy) is 1. The van der Waals surface area contributed by atoms with Crippen molar-refractivity contribution in [1.29, 1.82) is 0 Å². The Hall–Kier alpha value is -3.97. The van der Waals surface area contributed by atoms with Crippen molar-refractivity contribution in [1.82, 2.24) is 4.31 Å². The molecule has 0 aliphatic heterocycles. The molecular weight excluding hydrogens is 651 g/mol. The van der Waals surface area contributed by atoms with Gasteiger partial charge in [-0.05, 0) is 68.3 Å². The van der Waals surface area contributed by atoms with E-state index < -0.39 is 75.9 Å². The summed E-state index contributed by atoms with van der Waals surface area (Å²) in [7, 11) is 0. The third-order valence-corrected chi connectivity index (χ3v) is 8.15. The van der Waals surface area contributed by atoms with Crippen molar-refractivity contribution < 1.29 is 40.8 Å². The van der Waals surface area contributed by atoms with Gasteiger partial charge in [-0.1, -0.05) is 54.1 Å². The highest BCUT2D eigenvalue weighted by Crippen LogP contribution is 2.30.